The quantitative estimate of drug-likeness (QED) is 0.580. The third-order valence-corrected chi connectivity index (χ3v) is 4.41. The summed E-state index contributed by atoms with van der Waals surface area (Å²) in [6, 6.07) is 6.95. The predicted octanol–water partition coefficient (Wildman–Crippen LogP) is 3.30. The molecule has 0 fully saturated rings. The van der Waals surface area contributed by atoms with Gasteiger partial charge in [-0.1, -0.05) is 6.07 Å². The number of rotatable bonds is 7. The normalized spacial score (nSPS) is 11.6. The number of aromatic nitrogens is 1. The number of aryl methyl sites for hydroxylation is 1. The first-order valence-electron chi connectivity index (χ1n) is 9.06. The fourth-order valence-electron chi connectivity index (χ4n) is 2.90. The highest BCUT2D eigenvalue weighted by Crippen LogP contribution is 2.22. The first-order chi connectivity index (χ1) is 13.2. The fraction of sp³-hybridized carbons (Fsp3) is 0.381. The first kappa shape index (κ1) is 21.2. The summed E-state index contributed by atoms with van der Waals surface area (Å²) in [5.41, 5.74) is 2.81. The van der Waals surface area contributed by atoms with Gasteiger partial charge < -0.3 is 19.4 Å². The SMILES string of the molecule is CCOC(=O)c1c(C)[nH]c(C(=O)[C@@H](C)OC(=O)c2cccc(N(C)C)c2)c1C. The zero-order valence-electron chi connectivity index (χ0n) is 17.1. The van der Waals surface area contributed by atoms with Gasteiger partial charge in [0.15, 0.2) is 6.10 Å². The monoisotopic (exact) mass is 386 g/mol. The minimum atomic E-state index is -1.01. The van der Waals surface area contributed by atoms with Crippen LogP contribution in [0.1, 0.15) is 56.3 Å². The highest BCUT2D eigenvalue weighted by Gasteiger charge is 2.27. The van der Waals surface area contributed by atoms with Crippen molar-refractivity contribution in [2.24, 2.45) is 0 Å². The predicted molar refractivity (Wildman–Crippen MR) is 106 cm³/mol. The van der Waals surface area contributed by atoms with Crippen molar-refractivity contribution in [3.05, 3.63) is 52.3 Å². The van der Waals surface area contributed by atoms with Gasteiger partial charge >= 0.3 is 11.9 Å². The number of ether oxygens (including phenoxy) is 2. The molecule has 7 heteroatoms. The summed E-state index contributed by atoms with van der Waals surface area (Å²) in [5.74, 6) is -1.48. The van der Waals surface area contributed by atoms with Gasteiger partial charge in [-0.3, -0.25) is 4.79 Å². The molecule has 0 aliphatic carbocycles. The number of hydrogen-bond donors (Lipinski definition) is 1. The van der Waals surface area contributed by atoms with Crippen molar-refractivity contribution in [1.82, 2.24) is 4.98 Å². The largest absolute Gasteiger partial charge is 0.462 e. The first-order valence-corrected chi connectivity index (χ1v) is 9.06. The molecule has 0 amide bonds. The van der Waals surface area contributed by atoms with Gasteiger partial charge in [0.05, 0.1) is 23.4 Å². The Morgan fingerprint density at radius 2 is 1.82 bits per heavy atom. The number of aromatic amines is 1. The second-order valence-electron chi connectivity index (χ2n) is 6.70. The van der Waals surface area contributed by atoms with E-state index in [4.69, 9.17) is 9.47 Å². The molecule has 0 aliphatic rings. The Bertz CT molecular complexity index is 898. The van der Waals surface area contributed by atoms with Gasteiger partial charge in [-0.25, -0.2) is 9.59 Å². The van der Waals surface area contributed by atoms with Crippen molar-refractivity contribution in [1.29, 1.82) is 0 Å². The number of anilines is 1. The molecular formula is C21H26N2O5. The van der Waals surface area contributed by atoms with Crippen LogP contribution in [-0.4, -0.2) is 49.5 Å². The number of benzene rings is 1. The van der Waals surface area contributed by atoms with Crippen molar-refractivity contribution >= 4 is 23.4 Å². The van der Waals surface area contributed by atoms with Crippen LogP contribution >= 0.6 is 0 Å². The van der Waals surface area contributed by atoms with Crippen molar-refractivity contribution < 1.29 is 23.9 Å². The van der Waals surface area contributed by atoms with E-state index in [0.29, 0.717) is 22.4 Å². The molecule has 2 aromatic rings. The second-order valence-corrected chi connectivity index (χ2v) is 6.70. The smallest absolute Gasteiger partial charge is 0.340 e. The molecule has 2 rings (SSSR count). The summed E-state index contributed by atoms with van der Waals surface area (Å²) in [6.07, 6.45) is -1.01. The highest BCUT2D eigenvalue weighted by molar-refractivity contribution is 6.04. The number of esters is 2. The molecule has 1 aromatic carbocycles. The number of carbonyl (C=O) groups is 3. The number of Topliss-reactive ketones (excluding diaryl/α,β-unsaturated/α-hetero) is 1. The molecule has 0 radical (unpaired) electrons. The minimum absolute atomic E-state index is 0.239. The van der Waals surface area contributed by atoms with E-state index in [-0.39, 0.29) is 12.3 Å². The molecule has 0 saturated carbocycles. The fourth-order valence-corrected chi connectivity index (χ4v) is 2.90. The van der Waals surface area contributed by atoms with Gasteiger partial charge in [0.25, 0.3) is 0 Å². The Morgan fingerprint density at radius 3 is 2.43 bits per heavy atom. The van der Waals surface area contributed by atoms with E-state index in [1.807, 2.05) is 25.1 Å². The summed E-state index contributed by atoms with van der Waals surface area (Å²) in [7, 11) is 3.74. The van der Waals surface area contributed by atoms with E-state index in [9.17, 15) is 14.4 Å². The van der Waals surface area contributed by atoms with Crippen LogP contribution in [0.2, 0.25) is 0 Å². The van der Waals surface area contributed by atoms with Crippen LogP contribution in [0.3, 0.4) is 0 Å². The van der Waals surface area contributed by atoms with Crippen LogP contribution in [0.15, 0.2) is 24.3 Å². The maximum atomic E-state index is 12.8. The van der Waals surface area contributed by atoms with Gasteiger partial charge in [-0.15, -0.1) is 0 Å². The summed E-state index contributed by atoms with van der Waals surface area (Å²) >= 11 is 0. The third-order valence-electron chi connectivity index (χ3n) is 4.41. The summed E-state index contributed by atoms with van der Waals surface area (Å²) in [4.78, 5) is 42.1. The Kier molecular flexibility index (Phi) is 6.62. The number of carbonyl (C=O) groups excluding carboxylic acids is 3. The molecule has 28 heavy (non-hydrogen) atoms. The molecule has 1 aromatic heterocycles. The Hall–Kier alpha value is -3.09. The van der Waals surface area contributed by atoms with E-state index in [1.165, 1.54) is 6.92 Å². The zero-order chi connectivity index (χ0) is 21.0. The van der Waals surface area contributed by atoms with Crippen molar-refractivity contribution in [3.63, 3.8) is 0 Å². The van der Waals surface area contributed by atoms with E-state index < -0.39 is 23.8 Å². The molecule has 1 atom stereocenters. The van der Waals surface area contributed by atoms with Crippen LogP contribution in [0.25, 0.3) is 0 Å². The van der Waals surface area contributed by atoms with Crippen LogP contribution in [0, 0.1) is 13.8 Å². The Labute approximate surface area is 164 Å². The lowest BCUT2D eigenvalue weighted by molar-refractivity contribution is 0.0316. The van der Waals surface area contributed by atoms with Gasteiger partial charge in [0.1, 0.15) is 0 Å². The average Bonchev–Trinajstić information content (AvgIpc) is 2.95. The maximum absolute atomic E-state index is 12.8. The van der Waals surface area contributed by atoms with Gasteiger partial charge in [0, 0.05) is 25.5 Å². The lowest BCUT2D eigenvalue weighted by Crippen LogP contribution is -2.25. The van der Waals surface area contributed by atoms with E-state index >= 15 is 0 Å². The number of ketones is 1. The highest BCUT2D eigenvalue weighted by atomic mass is 16.5. The van der Waals surface area contributed by atoms with Crippen LogP contribution in [0.4, 0.5) is 5.69 Å². The zero-order valence-corrected chi connectivity index (χ0v) is 17.1. The molecule has 0 spiro atoms. The van der Waals surface area contributed by atoms with Crippen molar-refractivity contribution in [3.8, 4) is 0 Å². The topological polar surface area (TPSA) is 88.7 Å². The van der Waals surface area contributed by atoms with Crippen molar-refractivity contribution in [2.45, 2.75) is 33.8 Å². The molecule has 0 aliphatic heterocycles. The van der Waals surface area contributed by atoms with Gasteiger partial charge in [0.2, 0.25) is 5.78 Å². The summed E-state index contributed by atoms with van der Waals surface area (Å²) < 4.78 is 10.4. The minimum Gasteiger partial charge on any atom is -0.462 e. The number of nitrogens with one attached hydrogen (secondary N) is 1. The maximum Gasteiger partial charge on any atom is 0.340 e. The average molecular weight is 386 g/mol. The van der Waals surface area contributed by atoms with E-state index in [1.54, 1.807) is 39.0 Å². The van der Waals surface area contributed by atoms with Crippen LogP contribution < -0.4 is 4.90 Å². The standard InChI is InChI=1S/C21H26N2O5/c1-7-27-21(26)17-12(2)18(22-13(17)3)19(24)14(4)28-20(25)15-9-8-10-16(11-15)23(5)6/h8-11,14,22H,7H2,1-6H3/t14-/m1/s1. The molecule has 1 heterocycles. The summed E-state index contributed by atoms with van der Waals surface area (Å²) in [5, 5.41) is 0. The molecule has 0 saturated heterocycles. The van der Waals surface area contributed by atoms with E-state index in [0.717, 1.165) is 5.69 Å². The van der Waals surface area contributed by atoms with Gasteiger partial charge in [-0.2, -0.15) is 0 Å². The number of H-pyrrole nitrogens is 1. The lowest BCUT2D eigenvalue weighted by Gasteiger charge is -2.15. The molecule has 0 unspecified atom stereocenters. The Balaban J connectivity index is 2.19. The number of nitrogens with zero attached hydrogens (tertiary/aromatic N) is 1. The molecule has 7 nitrogen and oxygen atoms in total. The second kappa shape index (κ2) is 8.73. The van der Waals surface area contributed by atoms with Crippen molar-refractivity contribution in [2.75, 3.05) is 25.6 Å². The molecular weight excluding hydrogens is 360 g/mol. The Morgan fingerprint density at radius 1 is 1.14 bits per heavy atom. The molecule has 0 bridgehead atoms. The van der Waals surface area contributed by atoms with E-state index in [2.05, 4.69) is 4.98 Å². The number of hydrogen-bond acceptors (Lipinski definition) is 6. The third kappa shape index (κ3) is 4.42. The lowest BCUT2D eigenvalue weighted by atomic mass is 10.1. The van der Waals surface area contributed by atoms with Gasteiger partial charge in [-0.05, 0) is 51.5 Å². The van der Waals surface area contributed by atoms with Crippen LogP contribution in [0.5, 0.6) is 0 Å². The summed E-state index contributed by atoms with van der Waals surface area (Å²) in [6.45, 7) is 6.83. The van der Waals surface area contributed by atoms with Crippen LogP contribution in [-0.2, 0) is 9.47 Å². The molecule has 150 valence electrons. The molecule has 1 N–H and O–H groups in total.